The van der Waals surface area contributed by atoms with Gasteiger partial charge in [0.15, 0.2) is 11.5 Å². The molecule has 3 heterocycles. The van der Waals surface area contributed by atoms with Gasteiger partial charge >= 0.3 is 0 Å². The standard InChI is InChI=1S/C22H25N3O2/c1-2-17(10-16-3-5-20-19(11-16)13-23-24-20)14-25(7-1)15-18-4-6-21-22(12-18)27-9-8-26-21/h3-6,11-13,17H,1-2,7-10,14-15H2,(H,23,24). The van der Waals surface area contributed by atoms with Gasteiger partial charge in [0.2, 0.25) is 0 Å². The van der Waals surface area contributed by atoms with Gasteiger partial charge in [0.25, 0.3) is 0 Å². The van der Waals surface area contributed by atoms with Crippen LogP contribution in [0.25, 0.3) is 10.9 Å². The Labute approximate surface area is 159 Å². The Morgan fingerprint density at radius 3 is 2.89 bits per heavy atom. The molecule has 0 aliphatic carbocycles. The van der Waals surface area contributed by atoms with Gasteiger partial charge < -0.3 is 9.47 Å². The van der Waals surface area contributed by atoms with Crippen LogP contribution in [-0.2, 0) is 13.0 Å². The topological polar surface area (TPSA) is 50.4 Å². The third-order valence-electron chi connectivity index (χ3n) is 5.64. The van der Waals surface area contributed by atoms with Crippen LogP contribution >= 0.6 is 0 Å². The highest BCUT2D eigenvalue weighted by atomic mass is 16.6. The smallest absolute Gasteiger partial charge is 0.161 e. The number of aromatic amines is 1. The van der Waals surface area contributed by atoms with Crippen molar-refractivity contribution in [2.45, 2.75) is 25.8 Å². The summed E-state index contributed by atoms with van der Waals surface area (Å²) >= 11 is 0. The first-order valence-electron chi connectivity index (χ1n) is 9.86. The molecule has 2 aliphatic heterocycles. The maximum absolute atomic E-state index is 5.73. The average molecular weight is 363 g/mol. The van der Waals surface area contributed by atoms with Crippen molar-refractivity contribution in [3.05, 3.63) is 53.7 Å². The van der Waals surface area contributed by atoms with Crippen molar-refractivity contribution in [3.63, 3.8) is 0 Å². The molecule has 0 radical (unpaired) electrons. The molecule has 1 aromatic heterocycles. The number of benzene rings is 2. The molecule has 0 bridgehead atoms. The third-order valence-corrected chi connectivity index (χ3v) is 5.64. The molecule has 1 unspecified atom stereocenters. The number of nitrogens with zero attached hydrogens (tertiary/aromatic N) is 2. The average Bonchev–Trinajstić information content (AvgIpc) is 3.16. The molecule has 5 rings (SSSR count). The fourth-order valence-corrected chi connectivity index (χ4v) is 4.36. The lowest BCUT2D eigenvalue weighted by Gasteiger charge is -2.33. The van der Waals surface area contributed by atoms with Crippen LogP contribution < -0.4 is 9.47 Å². The summed E-state index contributed by atoms with van der Waals surface area (Å²) in [5.41, 5.74) is 3.83. The summed E-state index contributed by atoms with van der Waals surface area (Å²) in [7, 11) is 0. The molecule has 1 saturated heterocycles. The van der Waals surface area contributed by atoms with Crippen LogP contribution in [0.1, 0.15) is 24.0 Å². The van der Waals surface area contributed by atoms with Gasteiger partial charge in [0.1, 0.15) is 13.2 Å². The SMILES string of the molecule is c1cc2[nH]ncc2cc1CC1CCCN(Cc2ccc3c(c2)OCCO3)C1. The minimum Gasteiger partial charge on any atom is -0.486 e. The number of rotatable bonds is 4. The Kier molecular flexibility index (Phi) is 4.46. The number of hydrogen-bond acceptors (Lipinski definition) is 4. The summed E-state index contributed by atoms with van der Waals surface area (Å²) in [5.74, 6) is 2.47. The Morgan fingerprint density at radius 2 is 1.93 bits per heavy atom. The molecule has 0 spiro atoms. The molecule has 1 atom stereocenters. The van der Waals surface area contributed by atoms with Crippen LogP contribution in [0.15, 0.2) is 42.6 Å². The maximum atomic E-state index is 5.73. The van der Waals surface area contributed by atoms with E-state index in [0.29, 0.717) is 19.1 Å². The van der Waals surface area contributed by atoms with E-state index in [1.54, 1.807) is 0 Å². The molecule has 3 aromatic rings. The second-order valence-electron chi connectivity index (χ2n) is 7.72. The number of fused-ring (bicyclic) bond motifs is 2. The van der Waals surface area contributed by atoms with Crippen molar-refractivity contribution in [2.75, 3.05) is 26.3 Å². The Hall–Kier alpha value is -2.53. The second-order valence-corrected chi connectivity index (χ2v) is 7.72. The first-order valence-corrected chi connectivity index (χ1v) is 9.86. The van der Waals surface area contributed by atoms with Crippen LogP contribution in [0.4, 0.5) is 0 Å². The molecule has 140 valence electrons. The van der Waals surface area contributed by atoms with Crippen molar-refractivity contribution in [3.8, 4) is 11.5 Å². The second kappa shape index (κ2) is 7.24. The van der Waals surface area contributed by atoms with Crippen molar-refractivity contribution in [1.82, 2.24) is 15.1 Å². The lowest BCUT2D eigenvalue weighted by molar-refractivity contribution is 0.163. The molecule has 1 N–H and O–H groups in total. The van der Waals surface area contributed by atoms with E-state index in [4.69, 9.17) is 9.47 Å². The van der Waals surface area contributed by atoms with Gasteiger partial charge in [-0.1, -0.05) is 12.1 Å². The first-order chi connectivity index (χ1) is 13.3. The van der Waals surface area contributed by atoms with Gasteiger partial charge in [-0.05, 0) is 67.1 Å². The largest absolute Gasteiger partial charge is 0.486 e. The lowest BCUT2D eigenvalue weighted by Crippen LogP contribution is -2.35. The minimum absolute atomic E-state index is 0.642. The third kappa shape index (κ3) is 3.65. The molecule has 2 aliphatic rings. The first kappa shape index (κ1) is 16.6. The normalized spacial score (nSPS) is 20.1. The fourth-order valence-electron chi connectivity index (χ4n) is 4.36. The van der Waals surface area contributed by atoms with Crippen molar-refractivity contribution in [1.29, 1.82) is 0 Å². The molecular formula is C22H25N3O2. The summed E-state index contributed by atoms with van der Waals surface area (Å²) in [6, 6.07) is 13.0. The summed E-state index contributed by atoms with van der Waals surface area (Å²) in [5, 5.41) is 8.36. The fraction of sp³-hybridized carbons (Fsp3) is 0.409. The van der Waals surface area contributed by atoms with Crippen LogP contribution in [0, 0.1) is 5.92 Å². The number of ether oxygens (including phenoxy) is 2. The van der Waals surface area contributed by atoms with Crippen molar-refractivity contribution < 1.29 is 9.47 Å². The van der Waals surface area contributed by atoms with E-state index in [9.17, 15) is 0 Å². The Bertz CT molecular complexity index is 936. The lowest BCUT2D eigenvalue weighted by atomic mass is 9.90. The minimum atomic E-state index is 0.642. The predicted octanol–water partition coefficient (Wildman–Crippen LogP) is 3.79. The zero-order valence-corrected chi connectivity index (χ0v) is 15.5. The van der Waals surface area contributed by atoms with Gasteiger partial charge in [0.05, 0.1) is 11.7 Å². The van der Waals surface area contributed by atoms with E-state index in [-0.39, 0.29) is 0 Å². The summed E-state index contributed by atoms with van der Waals surface area (Å²) in [4.78, 5) is 2.58. The molecular weight excluding hydrogens is 338 g/mol. The van der Waals surface area contributed by atoms with E-state index < -0.39 is 0 Å². The van der Waals surface area contributed by atoms with E-state index in [1.807, 2.05) is 12.3 Å². The highest BCUT2D eigenvalue weighted by Gasteiger charge is 2.21. The molecule has 5 heteroatoms. The van der Waals surface area contributed by atoms with E-state index in [1.165, 1.54) is 35.9 Å². The predicted molar refractivity (Wildman–Crippen MR) is 105 cm³/mol. The van der Waals surface area contributed by atoms with Crippen LogP contribution in [0.3, 0.4) is 0 Å². The van der Waals surface area contributed by atoms with E-state index in [0.717, 1.165) is 36.5 Å². The molecule has 2 aromatic carbocycles. The highest BCUT2D eigenvalue weighted by molar-refractivity contribution is 5.78. The number of hydrogen-bond donors (Lipinski definition) is 1. The molecule has 0 amide bonds. The molecule has 27 heavy (non-hydrogen) atoms. The van der Waals surface area contributed by atoms with Gasteiger partial charge in [-0.2, -0.15) is 5.10 Å². The number of piperidine rings is 1. The van der Waals surface area contributed by atoms with Crippen LogP contribution in [0.2, 0.25) is 0 Å². The van der Waals surface area contributed by atoms with Crippen LogP contribution in [0.5, 0.6) is 11.5 Å². The van der Waals surface area contributed by atoms with Gasteiger partial charge in [0, 0.05) is 18.5 Å². The number of likely N-dealkylation sites (tertiary alicyclic amines) is 1. The molecule has 5 nitrogen and oxygen atoms in total. The maximum Gasteiger partial charge on any atom is 0.161 e. The Balaban J connectivity index is 1.24. The highest BCUT2D eigenvalue weighted by Crippen LogP contribution is 2.32. The summed E-state index contributed by atoms with van der Waals surface area (Å²) in [6.07, 6.45) is 5.62. The van der Waals surface area contributed by atoms with E-state index >= 15 is 0 Å². The van der Waals surface area contributed by atoms with Gasteiger partial charge in [-0.25, -0.2) is 0 Å². The number of nitrogens with one attached hydrogen (secondary N) is 1. The summed E-state index contributed by atoms with van der Waals surface area (Å²) < 4.78 is 11.4. The number of aromatic nitrogens is 2. The summed E-state index contributed by atoms with van der Waals surface area (Å²) in [6.45, 7) is 4.59. The van der Waals surface area contributed by atoms with Gasteiger partial charge in [-0.3, -0.25) is 10.00 Å². The van der Waals surface area contributed by atoms with Crippen molar-refractivity contribution in [2.24, 2.45) is 5.92 Å². The number of H-pyrrole nitrogens is 1. The van der Waals surface area contributed by atoms with E-state index in [2.05, 4.69) is 45.4 Å². The zero-order chi connectivity index (χ0) is 18.1. The zero-order valence-electron chi connectivity index (χ0n) is 15.5. The molecule has 1 fully saturated rings. The quantitative estimate of drug-likeness (QED) is 0.766. The Morgan fingerprint density at radius 1 is 1.04 bits per heavy atom. The molecule has 0 saturated carbocycles. The van der Waals surface area contributed by atoms with Gasteiger partial charge in [-0.15, -0.1) is 0 Å². The van der Waals surface area contributed by atoms with Crippen LogP contribution in [-0.4, -0.2) is 41.4 Å². The van der Waals surface area contributed by atoms with Crippen molar-refractivity contribution >= 4 is 10.9 Å². The monoisotopic (exact) mass is 363 g/mol.